The van der Waals surface area contributed by atoms with Crippen LogP contribution in [-0.4, -0.2) is 53.5 Å². The van der Waals surface area contributed by atoms with Gasteiger partial charge in [-0.1, -0.05) is 6.92 Å². The van der Waals surface area contributed by atoms with Crippen molar-refractivity contribution >= 4 is 22.9 Å². The fourth-order valence-electron chi connectivity index (χ4n) is 2.80. The summed E-state index contributed by atoms with van der Waals surface area (Å²) in [5, 5.41) is 16.1. The average Bonchev–Trinajstić information content (AvgIpc) is 3.22. The number of nitro benzene ring substituents is 1. The van der Waals surface area contributed by atoms with Crippen LogP contribution in [0.3, 0.4) is 0 Å². The first-order valence-corrected chi connectivity index (χ1v) is 10.2. The van der Waals surface area contributed by atoms with Crippen molar-refractivity contribution in [3.05, 3.63) is 44.4 Å². The lowest BCUT2D eigenvalue weighted by atomic mass is 10.1. The minimum absolute atomic E-state index is 0.0690. The fraction of sp³-hybridized carbons (Fsp3) is 0.474. The number of rotatable bonds is 11. The topological polar surface area (TPSA) is 107 Å². The minimum Gasteiger partial charge on any atom is -0.493 e. The third-order valence-electron chi connectivity index (χ3n) is 4.40. The summed E-state index contributed by atoms with van der Waals surface area (Å²) in [4.78, 5) is 29.8. The van der Waals surface area contributed by atoms with Crippen LogP contribution in [0.15, 0.2) is 23.0 Å². The van der Waals surface area contributed by atoms with E-state index in [0.29, 0.717) is 24.8 Å². The Labute approximate surface area is 173 Å². The Morgan fingerprint density at radius 1 is 1.38 bits per heavy atom. The number of benzene rings is 1. The standard InChI is InChI=1S/C19H26N4O5S/c1-5-22(13(2)3)7-6-20-19(24)15-8-17(27-4)18(9-16(15)23(25)26)28-10-14-11-29-12-21-14/h8-9,11-13H,5-7,10H2,1-4H3,(H,20,24). The zero-order valence-electron chi connectivity index (χ0n) is 17.0. The summed E-state index contributed by atoms with van der Waals surface area (Å²) in [6, 6.07) is 2.90. The molecule has 0 atom stereocenters. The second-order valence-electron chi connectivity index (χ2n) is 6.52. The molecule has 158 valence electrons. The number of amides is 1. The molecule has 29 heavy (non-hydrogen) atoms. The Morgan fingerprint density at radius 3 is 2.69 bits per heavy atom. The Hall–Kier alpha value is -2.72. The van der Waals surface area contributed by atoms with E-state index in [1.54, 1.807) is 5.51 Å². The quantitative estimate of drug-likeness (QED) is 0.438. The third kappa shape index (κ3) is 6.13. The lowest BCUT2D eigenvalue weighted by Crippen LogP contribution is -2.38. The maximum atomic E-state index is 12.6. The van der Waals surface area contributed by atoms with Gasteiger partial charge in [-0.25, -0.2) is 4.98 Å². The van der Waals surface area contributed by atoms with Crippen molar-refractivity contribution in [3.8, 4) is 11.5 Å². The number of nitro groups is 1. The first kappa shape index (κ1) is 22.6. The van der Waals surface area contributed by atoms with E-state index in [1.165, 1.54) is 30.6 Å². The van der Waals surface area contributed by atoms with Gasteiger partial charge in [-0.2, -0.15) is 0 Å². The molecule has 1 heterocycles. The van der Waals surface area contributed by atoms with Crippen LogP contribution in [0.5, 0.6) is 11.5 Å². The van der Waals surface area contributed by atoms with Crippen LogP contribution in [-0.2, 0) is 6.61 Å². The molecule has 0 saturated carbocycles. The number of carbonyl (C=O) groups is 1. The molecule has 1 amide bonds. The normalized spacial score (nSPS) is 11.0. The van der Waals surface area contributed by atoms with Crippen molar-refractivity contribution in [2.24, 2.45) is 0 Å². The Bertz CT molecular complexity index is 826. The van der Waals surface area contributed by atoms with E-state index >= 15 is 0 Å². The number of aromatic nitrogens is 1. The number of methoxy groups -OCH3 is 1. The molecule has 0 aliphatic carbocycles. The van der Waals surface area contributed by atoms with Gasteiger partial charge in [0.15, 0.2) is 11.5 Å². The van der Waals surface area contributed by atoms with Crippen LogP contribution in [0.1, 0.15) is 36.8 Å². The lowest BCUT2D eigenvalue weighted by Gasteiger charge is -2.24. The minimum atomic E-state index is -0.601. The highest BCUT2D eigenvalue weighted by Gasteiger charge is 2.25. The molecule has 0 bridgehead atoms. The summed E-state index contributed by atoms with van der Waals surface area (Å²) in [7, 11) is 1.42. The van der Waals surface area contributed by atoms with Crippen molar-refractivity contribution in [1.29, 1.82) is 0 Å². The van der Waals surface area contributed by atoms with Gasteiger partial charge >= 0.3 is 0 Å². The van der Waals surface area contributed by atoms with E-state index in [0.717, 1.165) is 6.54 Å². The summed E-state index contributed by atoms with van der Waals surface area (Å²) < 4.78 is 10.9. The number of hydrogen-bond acceptors (Lipinski definition) is 8. The molecular weight excluding hydrogens is 396 g/mol. The maximum Gasteiger partial charge on any atom is 0.286 e. The highest BCUT2D eigenvalue weighted by Crippen LogP contribution is 2.35. The van der Waals surface area contributed by atoms with Crippen molar-refractivity contribution in [2.75, 3.05) is 26.7 Å². The molecule has 0 fully saturated rings. The Balaban J connectivity index is 2.17. The lowest BCUT2D eigenvalue weighted by molar-refractivity contribution is -0.385. The number of carbonyl (C=O) groups excluding carboxylic acids is 1. The summed E-state index contributed by atoms with van der Waals surface area (Å²) in [6.45, 7) is 8.22. The first-order valence-electron chi connectivity index (χ1n) is 9.25. The van der Waals surface area contributed by atoms with Gasteiger partial charge in [0.2, 0.25) is 0 Å². The highest BCUT2D eigenvalue weighted by atomic mass is 32.1. The Kier molecular flexibility index (Phi) is 8.34. The molecule has 2 aromatic rings. The molecule has 1 N–H and O–H groups in total. The fourth-order valence-corrected chi connectivity index (χ4v) is 3.35. The molecule has 1 aromatic carbocycles. The van der Waals surface area contributed by atoms with Gasteiger partial charge in [0, 0.05) is 30.6 Å². The molecule has 0 radical (unpaired) electrons. The smallest absolute Gasteiger partial charge is 0.286 e. The second-order valence-corrected chi connectivity index (χ2v) is 7.24. The monoisotopic (exact) mass is 422 g/mol. The predicted octanol–water partition coefficient (Wildman–Crippen LogP) is 3.10. The van der Waals surface area contributed by atoms with Gasteiger partial charge in [0.05, 0.1) is 29.3 Å². The summed E-state index contributed by atoms with van der Waals surface area (Å²) >= 11 is 1.42. The molecule has 0 aliphatic rings. The van der Waals surface area contributed by atoms with E-state index < -0.39 is 10.8 Å². The van der Waals surface area contributed by atoms with Crippen molar-refractivity contribution in [2.45, 2.75) is 33.4 Å². The third-order valence-corrected chi connectivity index (χ3v) is 5.04. The van der Waals surface area contributed by atoms with Gasteiger partial charge in [-0.3, -0.25) is 19.8 Å². The zero-order chi connectivity index (χ0) is 21.4. The van der Waals surface area contributed by atoms with E-state index in [4.69, 9.17) is 9.47 Å². The number of hydrogen-bond donors (Lipinski definition) is 1. The molecule has 0 saturated heterocycles. The second kappa shape index (κ2) is 10.7. The largest absolute Gasteiger partial charge is 0.493 e. The highest BCUT2D eigenvalue weighted by molar-refractivity contribution is 7.07. The molecule has 0 unspecified atom stereocenters. The summed E-state index contributed by atoms with van der Waals surface area (Å²) in [6.07, 6.45) is 0. The van der Waals surface area contributed by atoms with Gasteiger partial charge in [-0.05, 0) is 20.4 Å². The molecule has 1 aromatic heterocycles. The molecular formula is C19H26N4O5S. The number of nitrogens with zero attached hydrogens (tertiary/aromatic N) is 3. The maximum absolute atomic E-state index is 12.6. The van der Waals surface area contributed by atoms with Gasteiger partial charge in [0.25, 0.3) is 11.6 Å². The van der Waals surface area contributed by atoms with Crippen LogP contribution >= 0.6 is 11.3 Å². The van der Waals surface area contributed by atoms with Crippen molar-refractivity contribution in [1.82, 2.24) is 15.2 Å². The van der Waals surface area contributed by atoms with Crippen LogP contribution < -0.4 is 14.8 Å². The molecule has 0 aliphatic heterocycles. The number of ether oxygens (including phenoxy) is 2. The number of thiazole rings is 1. The summed E-state index contributed by atoms with van der Waals surface area (Å²) in [5.41, 5.74) is 1.96. The molecule has 9 nitrogen and oxygen atoms in total. The van der Waals surface area contributed by atoms with E-state index in [1.807, 2.05) is 12.3 Å². The van der Waals surface area contributed by atoms with Gasteiger partial charge in [0.1, 0.15) is 12.2 Å². The predicted molar refractivity (Wildman–Crippen MR) is 111 cm³/mol. The van der Waals surface area contributed by atoms with Crippen LogP contribution in [0.25, 0.3) is 0 Å². The molecule has 0 spiro atoms. The van der Waals surface area contributed by atoms with Crippen LogP contribution in [0.2, 0.25) is 0 Å². The molecule has 10 heteroatoms. The Morgan fingerprint density at radius 2 is 2.14 bits per heavy atom. The average molecular weight is 423 g/mol. The zero-order valence-corrected chi connectivity index (χ0v) is 17.8. The first-order chi connectivity index (χ1) is 13.9. The van der Waals surface area contributed by atoms with Crippen LogP contribution in [0.4, 0.5) is 5.69 Å². The summed E-state index contributed by atoms with van der Waals surface area (Å²) in [5.74, 6) is -0.102. The van der Waals surface area contributed by atoms with Crippen molar-refractivity contribution < 1.29 is 19.2 Å². The SMILES string of the molecule is CCN(CCNC(=O)c1cc(OC)c(OCc2cscn2)cc1[N+](=O)[O-])C(C)C. The van der Waals surface area contributed by atoms with E-state index in [9.17, 15) is 14.9 Å². The van der Waals surface area contributed by atoms with E-state index in [-0.39, 0.29) is 29.4 Å². The van der Waals surface area contributed by atoms with Gasteiger partial charge in [-0.15, -0.1) is 11.3 Å². The van der Waals surface area contributed by atoms with Crippen molar-refractivity contribution in [3.63, 3.8) is 0 Å². The number of nitrogens with one attached hydrogen (secondary N) is 1. The molecule has 2 rings (SSSR count). The van der Waals surface area contributed by atoms with Gasteiger partial charge < -0.3 is 14.8 Å². The van der Waals surface area contributed by atoms with Crippen LogP contribution in [0, 0.1) is 10.1 Å². The van der Waals surface area contributed by atoms with E-state index in [2.05, 4.69) is 29.0 Å². The number of likely N-dealkylation sites (N-methyl/N-ethyl adjacent to an activating group) is 1.